The highest BCUT2D eigenvalue weighted by atomic mass is 16.5. The van der Waals surface area contributed by atoms with Crippen LogP contribution in [0.2, 0.25) is 0 Å². The Bertz CT molecular complexity index is 1740. The molecule has 0 amide bonds. The first-order chi connectivity index (χ1) is 20.2. The maximum absolute atomic E-state index is 11.8. The number of fused-ring (bicyclic) bond motifs is 1. The number of ether oxygens (including phenoxy) is 3. The Kier molecular flexibility index (Phi) is 9.18. The molecule has 0 aliphatic heterocycles. The molecule has 1 heterocycles. The number of nitrogens with two attached hydrogens (primary N) is 2. The quantitative estimate of drug-likeness (QED) is 0.160. The molecule has 0 bridgehead atoms. The third-order valence-corrected chi connectivity index (χ3v) is 6.04. The van der Waals surface area contributed by atoms with E-state index in [0.29, 0.717) is 45.8 Å². The second-order valence-corrected chi connectivity index (χ2v) is 9.35. The van der Waals surface area contributed by atoms with E-state index in [1.165, 1.54) is 14.2 Å². The fourth-order valence-electron chi connectivity index (χ4n) is 4.22. The van der Waals surface area contributed by atoms with Crippen molar-refractivity contribution < 1.29 is 23.8 Å². The van der Waals surface area contributed by atoms with Gasteiger partial charge in [0.05, 0.1) is 25.3 Å². The summed E-state index contributed by atoms with van der Waals surface area (Å²) in [6.45, 7) is 3.77. The second kappa shape index (κ2) is 13.1. The van der Waals surface area contributed by atoms with Crippen LogP contribution in [-0.4, -0.2) is 36.1 Å². The summed E-state index contributed by atoms with van der Waals surface area (Å²) in [4.78, 5) is 31.6. The molecule has 0 unspecified atom stereocenters. The number of nitrogen functional groups attached to an aromatic ring is 2. The second-order valence-electron chi connectivity index (χ2n) is 9.35. The van der Waals surface area contributed by atoms with Crippen LogP contribution in [0.3, 0.4) is 0 Å². The third kappa shape index (κ3) is 7.30. The highest BCUT2D eigenvalue weighted by molar-refractivity contribution is 5.97. The Balaban J connectivity index is 0.000000283. The Morgan fingerprint density at radius 1 is 0.762 bits per heavy atom. The van der Waals surface area contributed by atoms with E-state index in [0.717, 1.165) is 21.9 Å². The van der Waals surface area contributed by atoms with E-state index in [9.17, 15) is 9.59 Å². The van der Waals surface area contributed by atoms with Crippen LogP contribution in [0, 0.1) is 13.8 Å². The molecule has 0 radical (unpaired) electrons. The molecule has 214 valence electrons. The number of benzene rings is 4. The average molecular weight is 566 g/mol. The number of methoxy groups -OCH3 is 2. The van der Waals surface area contributed by atoms with Crippen LogP contribution >= 0.6 is 0 Å². The first-order valence-electron chi connectivity index (χ1n) is 12.9. The van der Waals surface area contributed by atoms with Gasteiger partial charge in [-0.25, -0.2) is 14.6 Å². The predicted octanol–water partition coefficient (Wildman–Crippen LogP) is 6.21. The van der Waals surface area contributed by atoms with Gasteiger partial charge in [0.1, 0.15) is 5.75 Å². The Morgan fingerprint density at radius 2 is 1.40 bits per heavy atom. The van der Waals surface area contributed by atoms with Gasteiger partial charge in [-0.2, -0.15) is 4.98 Å². The average Bonchev–Trinajstić information content (AvgIpc) is 2.97. The molecule has 42 heavy (non-hydrogen) atoms. The van der Waals surface area contributed by atoms with Gasteiger partial charge in [-0.15, -0.1) is 0 Å². The molecule has 10 nitrogen and oxygen atoms in total. The molecule has 5 rings (SSSR count). The molecule has 0 aliphatic rings. The largest absolute Gasteiger partial charge is 0.465 e. The number of hydrogen-bond acceptors (Lipinski definition) is 10. The number of aryl methyl sites for hydroxylation is 2. The van der Waals surface area contributed by atoms with E-state index in [4.69, 9.17) is 20.9 Å². The molecular weight excluding hydrogens is 534 g/mol. The summed E-state index contributed by atoms with van der Waals surface area (Å²) < 4.78 is 15.4. The maximum Gasteiger partial charge on any atom is 0.337 e. The molecule has 0 atom stereocenters. The molecule has 4 aromatic carbocycles. The van der Waals surface area contributed by atoms with Crippen LogP contribution in [0.25, 0.3) is 10.8 Å². The Hall–Kier alpha value is -5.64. The number of carbonyl (C=O) groups is 2. The van der Waals surface area contributed by atoms with E-state index in [1.54, 1.807) is 48.7 Å². The number of esters is 2. The summed E-state index contributed by atoms with van der Waals surface area (Å²) >= 11 is 0. The van der Waals surface area contributed by atoms with Gasteiger partial charge in [0.25, 0.3) is 0 Å². The molecule has 0 saturated carbocycles. The lowest BCUT2D eigenvalue weighted by atomic mass is 10.1. The number of anilines is 4. The molecule has 0 spiro atoms. The Morgan fingerprint density at radius 3 is 2.07 bits per heavy atom. The van der Waals surface area contributed by atoms with Gasteiger partial charge in [-0.05, 0) is 73.5 Å². The molecule has 0 saturated heterocycles. The summed E-state index contributed by atoms with van der Waals surface area (Å²) in [5.41, 5.74) is 16.3. The molecule has 0 fully saturated rings. The SMILES string of the molecule is COC(=O)c1cc(C)cc(N)c1.COC(=O)c1cc(C)cc(Nc2nccc(Oc3ccc(N)c4ccccc34)n2)c1. The minimum absolute atomic E-state index is 0.341. The van der Waals surface area contributed by atoms with Gasteiger partial charge in [-0.1, -0.05) is 24.3 Å². The molecule has 5 aromatic rings. The van der Waals surface area contributed by atoms with Crippen LogP contribution in [-0.2, 0) is 9.47 Å². The zero-order valence-electron chi connectivity index (χ0n) is 23.7. The maximum atomic E-state index is 11.8. The molecule has 0 aliphatic carbocycles. The first kappa shape index (κ1) is 29.3. The van der Waals surface area contributed by atoms with Crippen molar-refractivity contribution in [2.24, 2.45) is 0 Å². The smallest absolute Gasteiger partial charge is 0.337 e. The monoisotopic (exact) mass is 565 g/mol. The number of aromatic nitrogens is 2. The number of rotatable bonds is 6. The predicted molar refractivity (Wildman–Crippen MR) is 163 cm³/mol. The summed E-state index contributed by atoms with van der Waals surface area (Å²) in [7, 11) is 2.70. The highest BCUT2D eigenvalue weighted by Gasteiger charge is 2.11. The van der Waals surface area contributed by atoms with E-state index in [-0.39, 0.29) is 5.97 Å². The van der Waals surface area contributed by atoms with Gasteiger partial charge in [0, 0.05) is 40.1 Å². The van der Waals surface area contributed by atoms with Gasteiger partial charge < -0.3 is 31.0 Å². The Labute approximate surface area is 243 Å². The zero-order chi connectivity index (χ0) is 30.2. The summed E-state index contributed by atoms with van der Waals surface area (Å²) in [6.07, 6.45) is 1.60. The minimum Gasteiger partial charge on any atom is -0.465 e. The van der Waals surface area contributed by atoms with E-state index in [1.807, 2.05) is 50.2 Å². The number of nitrogens with one attached hydrogen (secondary N) is 1. The van der Waals surface area contributed by atoms with Crippen molar-refractivity contribution >= 4 is 45.7 Å². The lowest BCUT2D eigenvalue weighted by molar-refractivity contribution is 0.0592. The van der Waals surface area contributed by atoms with Crippen LogP contribution in [0.5, 0.6) is 11.6 Å². The van der Waals surface area contributed by atoms with E-state index in [2.05, 4.69) is 20.0 Å². The number of carbonyl (C=O) groups excluding carboxylic acids is 2. The fourth-order valence-corrected chi connectivity index (χ4v) is 4.22. The van der Waals surface area contributed by atoms with Crippen molar-refractivity contribution in [2.75, 3.05) is 31.0 Å². The number of nitrogens with zero attached hydrogens (tertiary/aromatic N) is 2. The first-order valence-corrected chi connectivity index (χ1v) is 12.9. The summed E-state index contributed by atoms with van der Waals surface area (Å²) in [5.74, 6) is 0.602. The molecule has 5 N–H and O–H groups in total. The van der Waals surface area contributed by atoms with Crippen molar-refractivity contribution in [3.05, 3.63) is 107 Å². The van der Waals surface area contributed by atoms with Gasteiger partial charge in [0.15, 0.2) is 0 Å². The standard InChI is InChI=1S/C23H20N4O3.C9H11NO2/c1-14-11-15(22(28)29-2)13-16(12-14)26-23-25-10-9-21(27-23)30-20-8-7-19(24)17-5-3-4-6-18(17)20;1-6-3-7(9(11)12-2)5-8(10)4-6/h3-13H,24H2,1-2H3,(H,25,26,27);3-5H,10H2,1-2H3. The number of hydrogen-bond donors (Lipinski definition) is 3. The van der Waals surface area contributed by atoms with Gasteiger partial charge in [-0.3, -0.25) is 0 Å². The minimum atomic E-state index is -0.407. The lowest BCUT2D eigenvalue weighted by Gasteiger charge is -2.11. The molecular formula is C32H31N5O5. The van der Waals surface area contributed by atoms with Crippen molar-refractivity contribution in [1.82, 2.24) is 9.97 Å². The van der Waals surface area contributed by atoms with Crippen LogP contribution < -0.4 is 21.5 Å². The highest BCUT2D eigenvalue weighted by Crippen LogP contribution is 2.32. The third-order valence-electron chi connectivity index (χ3n) is 6.04. The normalized spacial score (nSPS) is 10.3. The van der Waals surface area contributed by atoms with Crippen molar-refractivity contribution in [3.8, 4) is 11.6 Å². The van der Waals surface area contributed by atoms with E-state index < -0.39 is 5.97 Å². The summed E-state index contributed by atoms with van der Waals surface area (Å²) in [6, 6.07) is 23.5. The molecule has 10 heteroatoms. The lowest BCUT2D eigenvalue weighted by Crippen LogP contribution is -2.04. The molecule has 1 aromatic heterocycles. The van der Waals surface area contributed by atoms with E-state index >= 15 is 0 Å². The van der Waals surface area contributed by atoms with Crippen LogP contribution in [0.4, 0.5) is 23.0 Å². The van der Waals surface area contributed by atoms with Crippen LogP contribution in [0.1, 0.15) is 31.8 Å². The van der Waals surface area contributed by atoms with Crippen LogP contribution in [0.15, 0.2) is 85.1 Å². The van der Waals surface area contributed by atoms with Gasteiger partial charge >= 0.3 is 11.9 Å². The zero-order valence-corrected chi connectivity index (χ0v) is 23.7. The topological polar surface area (TPSA) is 152 Å². The van der Waals surface area contributed by atoms with Crippen molar-refractivity contribution in [1.29, 1.82) is 0 Å². The fraction of sp³-hybridized carbons (Fsp3) is 0.125. The van der Waals surface area contributed by atoms with Gasteiger partial charge in [0.2, 0.25) is 11.8 Å². The van der Waals surface area contributed by atoms with Crippen molar-refractivity contribution in [2.45, 2.75) is 13.8 Å². The summed E-state index contributed by atoms with van der Waals surface area (Å²) in [5, 5.41) is 4.92. The van der Waals surface area contributed by atoms with Crippen molar-refractivity contribution in [3.63, 3.8) is 0 Å².